The fourth-order valence-corrected chi connectivity index (χ4v) is 2.80. The molecule has 2 rings (SSSR count). The summed E-state index contributed by atoms with van der Waals surface area (Å²) in [6.45, 7) is 7.59. The summed E-state index contributed by atoms with van der Waals surface area (Å²) >= 11 is 0. The predicted octanol–water partition coefficient (Wildman–Crippen LogP) is 1.22. The lowest BCUT2D eigenvalue weighted by Gasteiger charge is -2.48. The van der Waals surface area contributed by atoms with Crippen molar-refractivity contribution in [1.82, 2.24) is 4.90 Å². The summed E-state index contributed by atoms with van der Waals surface area (Å²) in [6, 6.07) is 1.58. The number of hydrogen-bond donors (Lipinski definition) is 1. The van der Waals surface area contributed by atoms with Gasteiger partial charge in [-0.3, -0.25) is 4.90 Å². The minimum absolute atomic E-state index is 0.402. The second-order valence-corrected chi connectivity index (χ2v) is 5.50. The molecule has 2 aliphatic heterocycles. The van der Waals surface area contributed by atoms with Gasteiger partial charge in [0, 0.05) is 18.1 Å². The van der Waals surface area contributed by atoms with Crippen molar-refractivity contribution in [1.29, 1.82) is 0 Å². The van der Waals surface area contributed by atoms with Crippen LogP contribution in [0.2, 0.25) is 0 Å². The highest BCUT2D eigenvalue weighted by atomic mass is 16.5. The summed E-state index contributed by atoms with van der Waals surface area (Å²) < 4.78 is 5.62. The second kappa shape index (κ2) is 4.81. The predicted molar refractivity (Wildman–Crippen MR) is 61.8 cm³/mol. The largest absolute Gasteiger partial charge is 0.378 e. The molecule has 3 atom stereocenters. The van der Waals surface area contributed by atoms with E-state index in [0.29, 0.717) is 18.1 Å². The van der Waals surface area contributed by atoms with Crippen LogP contribution in [-0.4, -0.2) is 42.8 Å². The van der Waals surface area contributed by atoms with Crippen molar-refractivity contribution in [3.05, 3.63) is 0 Å². The number of morpholine rings is 1. The lowest BCUT2D eigenvalue weighted by Crippen LogP contribution is -2.59. The first-order valence-electron chi connectivity index (χ1n) is 6.26. The zero-order valence-electron chi connectivity index (χ0n) is 9.98. The van der Waals surface area contributed by atoms with Crippen LogP contribution in [0.4, 0.5) is 0 Å². The number of ether oxygens (including phenoxy) is 1. The Labute approximate surface area is 93.0 Å². The highest BCUT2D eigenvalue weighted by Gasteiger charge is 2.37. The van der Waals surface area contributed by atoms with Crippen molar-refractivity contribution in [2.45, 2.75) is 51.2 Å². The summed E-state index contributed by atoms with van der Waals surface area (Å²) in [5.74, 6) is 0.794. The van der Waals surface area contributed by atoms with Crippen molar-refractivity contribution in [2.24, 2.45) is 11.7 Å². The average Bonchev–Trinajstić information content (AvgIpc) is 2.14. The van der Waals surface area contributed by atoms with Gasteiger partial charge in [0.1, 0.15) is 0 Å². The molecule has 1 unspecified atom stereocenters. The third kappa shape index (κ3) is 2.71. The first-order valence-corrected chi connectivity index (χ1v) is 6.26. The summed E-state index contributed by atoms with van der Waals surface area (Å²) in [7, 11) is 0. The van der Waals surface area contributed by atoms with Crippen molar-refractivity contribution < 1.29 is 4.74 Å². The fraction of sp³-hybridized carbons (Fsp3) is 1.00. The number of rotatable bonds is 3. The van der Waals surface area contributed by atoms with Gasteiger partial charge in [0.25, 0.3) is 0 Å². The van der Waals surface area contributed by atoms with E-state index >= 15 is 0 Å². The van der Waals surface area contributed by atoms with Crippen molar-refractivity contribution >= 4 is 0 Å². The van der Waals surface area contributed by atoms with Gasteiger partial charge in [-0.1, -0.05) is 13.8 Å². The molecule has 0 saturated carbocycles. The molecule has 3 heteroatoms. The van der Waals surface area contributed by atoms with E-state index < -0.39 is 0 Å². The van der Waals surface area contributed by atoms with Crippen molar-refractivity contribution in [2.75, 3.05) is 19.8 Å². The van der Waals surface area contributed by atoms with E-state index in [2.05, 4.69) is 18.7 Å². The maximum absolute atomic E-state index is 6.06. The molecule has 0 amide bonds. The van der Waals surface area contributed by atoms with Gasteiger partial charge in [0.15, 0.2) is 0 Å². The smallest absolute Gasteiger partial charge is 0.0623 e. The van der Waals surface area contributed by atoms with Crippen LogP contribution in [0.1, 0.15) is 33.1 Å². The molecule has 2 N–H and O–H groups in total. The maximum Gasteiger partial charge on any atom is 0.0623 e. The summed E-state index contributed by atoms with van der Waals surface area (Å²) in [5.41, 5.74) is 6.06. The van der Waals surface area contributed by atoms with Gasteiger partial charge in [0.2, 0.25) is 0 Å². The minimum Gasteiger partial charge on any atom is -0.378 e. The normalized spacial score (nSPS) is 37.2. The molecule has 88 valence electrons. The molecule has 0 radical (unpaired) electrons. The first kappa shape index (κ1) is 11.4. The molecule has 2 fully saturated rings. The SMILES string of the molecule is CC(C)CCN1[C@@H]2COC[C@H]1CC(N)C2. The molecule has 0 aliphatic carbocycles. The van der Waals surface area contributed by atoms with E-state index in [1.165, 1.54) is 13.0 Å². The van der Waals surface area contributed by atoms with E-state index in [9.17, 15) is 0 Å². The standard InChI is InChI=1S/C12H24N2O/c1-9(2)3-4-14-11-5-10(13)6-12(14)8-15-7-11/h9-12H,3-8,13H2,1-2H3/t10?,11-,12+. The zero-order chi connectivity index (χ0) is 10.8. The summed E-state index contributed by atoms with van der Waals surface area (Å²) in [4.78, 5) is 2.65. The maximum atomic E-state index is 6.06. The lowest BCUT2D eigenvalue weighted by atomic mass is 9.90. The number of hydrogen-bond acceptors (Lipinski definition) is 3. The number of nitrogens with two attached hydrogens (primary N) is 1. The van der Waals surface area contributed by atoms with E-state index in [1.807, 2.05) is 0 Å². The Hall–Kier alpha value is -0.120. The molecular formula is C12H24N2O. The monoisotopic (exact) mass is 212 g/mol. The Morgan fingerprint density at radius 3 is 2.40 bits per heavy atom. The molecule has 2 bridgehead atoms. The molecule has 0 aromatic carbocycles. The van der Waals surface area contributed by atoms with E-state index in [0.717, 1.165) is 32.0 Å². The molecule has 2 heterocycles. The van der Waals surface area contributed by atoms with Gasteiger partial charge in [-0.2, -0.15) is 0 Å². The van der Waals surface area contributed by atoms with Crippen molar-refractivity contribution in [3.8, 4) is 0 Å². The molecule has 2 aliphatic rings. The fourth-order valence-electron chi connectivity index (χ4n) is 2.80. The Kier molecular flexibility index (Phi) is 3.65. The van der Waals surface area contributed by atoms with Crippen molar-refractivity contribution in [3.63, 3.8) is 0 Å². The molecule has 2 saturated heterocycles. The Morgan fingerprint density at radius 2 is 1.87 bits per heavy atom. The highest BCUT2D eigenvalue weighted by molar-refractivity contribution is 4.93. The second-order valence-electron chi connectivity index (χ2n) is 5.50. The quantitative estimate of drug-likeness (QED) is 0.764. The van der Waals surface area contributed by atoms with Gasteiger partial charge in [-0.05, 0) is 31.7 Å². The third-order valence-corrected chi connectivity index (χ3v) is 3.67. The van der Waals surface area contributed by atoms with Gasteiger partial charge >= 0.3 is 0 Å². The Bertz CT molecular complexity index is 194. The van der Waals surface area contributed by atoms with Gasteiger partial charge in [-0.25, -0.2) is 0 Å². The number of fused-ring (bicyclic) bond motifs is 2. The van der Waals surface area contributed by atoms with E-state index in [-0.39, 0.29) is 0 Å². The van der Waals surface area contributed by atoms with Gasteiger partial charge in [-0.15, -0.1) is 0 Å². The first-order chi connectivity index (χ1) is 7.16. The number of piperidine rings is 1. The third-order valence-electron chi connectivity index (χ3n) is 3.67. The van der Waals surface area contributed by atoms with E-state index in [4.69, 9.17) is 10.5 Å². The molecule has 3 nitrogen and oxygen atoms in total. The molecule has 15 heavy (non-hydrogen) atoms. The van der Waals surface area contributed by atoms with Crippen LogP contribution in [0.25, 0.3) is 0 Å². The molecule has 0 aromatic heterocycles. The summed E-state index contributed by atoms with van der Waals surface area (Å²) in [5, 5.41) is 0. The van der Waals surface area contributed by atoms with Gasteiger partial charge < -0.3 is 10.5 Å². The highest BCUT2D eigenvalue weighted by Crippen LogP contribution is 2.27. The van der Waals surface area contributed by atoms with Gasteiger partial charge in [0.05, 0.1) is 13.2 Å². The van der Waals surface area contributed by atoms with E-state index in [1.54, 1.807) is 0 Å². The van der Waals surface area contributed by atoms with Crippen LogP contribution < -0.4 is 5.73 Å². The lowest BCUT2D eigenvalue weighted by molar-refractivity contribution is -0.0788. The molecule has 0 aromatic rings. The molecule has 0 spiro atoms. The minimum atomic E-state index is 0.402. The number of nitrogens with zero attached hydrogens (tertiary/aromatic N) is 1. The topological polar surface area (TPSA) is 38.5 Å². The zero-order valence-corrected chi connectivity index (χ0v) is 9.98. The Morgan fingerprint density at radius 1 is 1.27 bits per heavy atom. The van der Waals surface area contributed by atoms with Crippen LogP contribution >= 0.6 is 0 Å². The average molecular weight is 212 g/mol. The van der Waals surface area contributed by atoms with Crippen LogP contribution in [0, 0.1) is 5.92 Å². The van der Waals surface area contributed by atoms with Crippen LogP contribution in [-0.2, 0) is 4.74 Å². The summed E-state index contributed by atoms with van der Waals surface area (Å²) in [6.07, 6.45) is 3.53. The van der Waals surface area contributed by atoms with Crippen LogP contribution in [0.15, 0.2) is 0 Å². The Balaban J connectivity index is 1.92. The van der Waals surface area contributed by atoms with Crippen LogP contribution in [0.3, 0.4) is 0 Å². The molecular weight excluding hydrogens is 188 g/mol. The van der Waals surface area contributed by atoms with Crippen LogP contribution in [0.5, 0.6) is 0 Å².